The number of benzene rings is 1. The lowest BCUT2D eigenvalue weighted by Gasteiger charge is -2.19. The quantitative estimate of drug-likeness (QED) is 0.673. The van der Waals surface area contributed by atoms with Gasteiger partial charge in [0.1, 0.15) is 11.6 Å². The van der Waals surface area contributed by atoms with E-state index >= 15 is 0 Å². The van der Waals surface area contributed by atoms with Gasteiger partial charge in [-0.3, -0.25) is 0 Å². The Balaban J connectivity index is 2.72. The van der Waals surface area contributed by atoms with Crippen LogP contribution < -0.4 is 5.32 Å². The molecule has 1 aromatic rings. The van der Waals surface area contributed by atoms with Gasteiger partial charge in [-0.15, -0.1) is 0 Å². The van der Waals surface area contributed by atoms with Crippen LogP contribution >= 0.6 is 27.7 Å². The van der Waals surface area contributed by atoms with E-state index in [2.05, 4.69) is 35.1 Å². The van der Waals surface area contributed by atoms with E-state index in [1.54, 1.807) is 0 Å². The van der Waals surface area contributed by atoms with Crippen molar-refractivity contribution in [3.05, 3.63) is 33.8 Å². The van der Waals surface area contributed by atoms with Crippen molar-refractivity contribution in [3.8, 4) is 0 Å². The van der Waals surface area contributed by atoms with Gasteiger partial charge in [-0.05, 0) is 52.7 Å². The predicted molar refractivity (Wildman–Crippen MR) is 87.4 cm³/mol. The van der Waals surface area contributed by atoms with Gasteiger partial charge in [-0.1, -0.05) is 20.8 Å². The Morgan fingerprint density at radius 2 is 1.95 bits per heavy atom. The molecule has 1 rings (SSSR count). The van der Waals surface area contributed by atoms with E-state index in [0.29, 0.717) is 16.8 Å². The summed E-state index contributed by atoms with van der Waals surface area (Å²) in [5.41, 5.74) is 0.162. The fourth-order valence-electron chi connectivity index (χ4n) is 1.93. The van der Waals surface area contributed by atoms with Crippen LogP contribution in [0.1, 0.15) is 26.3 Å². The van der Waals surface area contributed by atoms with E-state index in [4.69, 9.17) is 0 Å². The molecular weight excluding hydrogens is 344 g/mol. The number of rotatable bonds is 8. The average molecular weight is 366 g/mol. The molecule has 0 amide bonds. The Kier molecular flexibility index (Phi) is 8.07. The SMILES string of the molecule is CCNC(CSCC(C)C)Cc1c(F)ccc(Br)c1F. The highest BCUT2D eigenvalue weighted by Gasteiger charge is 2.17. The maximum atomic E-state index is 14.0. The van der Waals surface area contributed by atoms with Crippen LogP contribution in [-0.4, -0.2) is 24.1 Å². The summed E-state index contributed by atoms with van der Waals surface area (Å²) in [6, 6.07) is 2.80. The topological polar surface area (TPSA) is 12.0 Å². The Morgan fingerprint density at radius 1 is 1.25 bits per heavy atom. The second kappa shape index (κ2) is 9.00. The van der Waals surface area contributed by atoms with E-state index in [-0.39, 0.29) is 11.6 Å². The van der Waals surface area contributed by atoms with Crippen LogP contribution in [-0.2, 0) is 6.42 Å². The van der Waals surface area contributed by atoms with Crippen molar-refractivity contribution >= 4 is 27.7 Å². The van der Waals surface area contributed by atoms with Gasteiger partial charge in [0, 0.05) is 17.4 Å². The van der Waals surface area contributed by atoms with Crippen LogP contribution in [0.4, 0.5) is 8.78 Å². The summed E-state index contributed by atoms with van der Waals surface area (Å²) in [6.45, 7) is 7.14. The zero-order chi connectivity index (χ0) is 15.1. The first-order chi connectivity index (χ1) is 9.45. The largest absolute Gasteiger partial charge is 0.313 e. The fourth-order valence-corrected chi connectivity index (χ4v) is 3.43. The molecule has 1 unspecified atom stereocenters. The third-order valence-corrected chi connectivity index (χ3v) is 5.01. The third kappa shape index (κ3) is 5.70. The Morgan fingerprint density at radius 3 is 2.55 bits per heavy atom. The standard InChI is InChI=1S/C15H22BrF2NS/c1-4-19-11(9-20-8-10(2)3)7-12-14(17)6-5-13(16)15(12)18/h5-6,10-11,19H,4,7-9H2,1-3H3. The van der Waals surface area contributed by atoms with Gasteiger partial charge in [0.2, 0.25) is 0 Å². The summed E-state index contributed by atoms with van der Waals surface area (Å²) in [5.74, 6) is 1.59. The lowest BCUT2D eigenvalue weighted by atomic mass is 10.1. The number of likely N-dealkylation sites (N-methyl/N-ethyl adjacent to an activating group) is 1. The zero-order valence-corrected chi connectivity index (χ0v) is 14.6. The van der Waals surface area contributed by atoms with Crippen molar-refractivity contribution in [3.63, 3.8) is 0 Å². The zero-order valence-electron chi connectivity index (χ0n) is 12.2. The molecule has 0 saturated carbocycles. The molecule has 0 heterocycles. The number of hydrogen-bond donors (Lipinski definition) is 1. The van der Waals surface area contributed by atoms with E-state index in [1.165, 1.54) is 12.1 Å². The molecule has 0 saturated heterocycles. The van der Waals surface area contributed by atoms with E-state index < -0.39 is 11.6 Å². The first kappa shape index (κ1) is 17.9. The molecule has 5 heteroatoms. The minimum Gasteiger partial charge on any atom is -0.313 e. The van der Waals surface area contributed by atoms with Crippen molar-refractivity contribution in [1.82, 2.24) is 5.32 Å². The van der Waals surface area contributed by atoms with Crippen molar-refractivity contribution < 1.29 is 8.78 Å². The van der Waals surface area contributed by atoms with Crippen LogP contribution in [0, 0.1) is 17.6 Å². The van der Waals surface area contributed by atoms with E-state index in [9.17, 15) is 8.78 Å². The molecule has 0 aliphatic carbocycles. The highest BCUT2D eigenvalue weighted by atomic mass is 79.9. The van der Waals surface area contributed by atoms with Gasteiger partial charge < -0.3 is 5.32 Å². The molecule has 0 radical (unpaired) electrons. The molecule has 114 valence electrons. The van der Waals surface area contributed by atoms with Gasteiger partial charge in [0.05, 0.1) is 4.47 Å². The number of halogens is 3. The maximum absolute atomic E-state index is 14.0. The van der Waals surface area contributed by atoms with Crippen LogP contribution in [0.15, 0.2) is 16.6 Å². The van der Waals surface area contributed by atoms with Crippen molar-refractivity contribution in [1.29, 1.82) is 0 Å². The number of hydrogen-bond acceptors (Lipinski definition) is 2. The molecule has 20 heavy (non-hydrogen) atoms. The molecule has 0 bridgehead atoms. The summed E-state index contributed by atoms with van der Waals surface area (Å²) in [4.78, 5) is 0. The summed E-state index contributed by atoms with van der Waals surface area (Å²) in [7, 11) is 0. The first-order valence-electron chi connectivity index (χ1n) is 6.89. The van der Waals surface area contributed by atoms with Crippen molar-refractivity contribution in [2.75, 3.05) is 18.1 Å². The van der Waals surface area contributed by atoms with Gasteiger partial charge in [0.15, 0.2) is 0 Å². The highest BCUT2D eigenvalue weighted by molar-refractivity contribution is 9.10. The third-order valence-electron chi connectivity index (χ3n) is 2.85. The smallest absolute Gasteiger partial charge is 0.143 e. The Labute approximate surface area is 133 Å². The fraction of sp³-hybridized carbons (Fsp3) is 0.600. The second-order valence-electron chi connectivity index (χ2n) is 5.21. The molecule has 1 N–H and O–H groups in total. The van der Waals surface area contributed by atoms with Crippen molar-refractivity contribution in [2.24, 2.45) is 5.92 Å². The lowest BCUT2D eigenvalue weighted by molar-refractivity contribution is 0.509. The monoisotopic (exact) mass is 365 g/mol. The minimum absolute atomic E-state index is 0.0852. The molecule has 0 aliphatic heterocycles. The number of thioether (sulfide) groups is 1. The minimum atomic E-state index is -0.484. The van der Waals surface area contributed by atoms with Gasteiger partial charge in [0.25, 0.3) is 0 Å². The van der Waals surface area contributed by atoms with E-state index in [1.807, 2.05) is 18.7 Å². The molecule has 1 atom stereocenters. The Hall–Kier alpha value is -0.130. The molecule has 0 aromatic heterocycles. The summed E-state index contributed by atoms with van der Waals surface area (Å²) in [6.07, 6.45) is 0.371. The number of nitrogens with one attached hydrogen (secondary N) is 1. The van der Waals surface area contributed by atoms with Crippen molar-refractivity contribution in [2.45, 2.75) is 33.2 Å². The lowest BCUT2D eigenvalue weighted by Crippen LogP contribution is -2.34. The molecular formula is C15H22BrF2NS. The van der Waals surface area contributed by atoms with Crippen LogP contribution in [0.5, 0.6) is 0 Å². The second-order valence-corrected chi connectivity index (χ2v) is 7.14. The molecule has 1 nitrogen and oxygen atoms in total. The van der Waals surface area contributed by atoms with E-state index in [0.717, 1.165) is 18.1 Å². The maximum Gasteiger partial charge on any atom is 0.143 e. The summed E-state index contributed by atoms with van der Waals surface area (Å²) in [5, 5.41) is 3.31. The first-order valence-corrected chi connectivity index (χ1v) is 8.84. The van der Waals surface area contributed by atoms with Gasteiger partial charge in [-0.2, -0.15) is 11.8 Å². The van der Waals surface area contributed by atoms with Gasteiger partial charge in [-0.25, -0.2) is 8.78 Å². The Bertz CT molecular complexity index is 427. The van der Waals surface area contributed by atoms with Crippen LogP contribution in [0.3, 0.4) is 0 Å². The molecule has 0 aliphatic rings. The highest BCUT2D eigenvalue weighted by Crippen LogP contribution is 2.23. The predicted octanol–water partition coefficient (Wildman–Crippen LogP) is 4.64. The van der Waals surface area contributed by atoms with Gasteiger partial charge >= 0.3 is 0 Å². The molecule has 0 spiro atoms. The molecule has 0 fully saturated rings. The summed E-state index contributed by atoms with van der Waals surface area (Å²) < 4.78 is 28.1. The average Bonchev–Trinajstić information content (AvgIpc) is 2.38. The molecule has 1 aromatic carbocycles. The normalized spacial score (nSPS) is 12.9. The van der Waals surface area contributed by atoms with Crippen LogP contribution in [0.2, 0.25) is 0 Å². The summed E-state index contributed by atoms with van der Waals surface area (Å²) >= 11 is 4.94. The van der Waals surface area contributed by atoms with Crippen LogP contribution in [0.25, 0.3) is 0 Å².